The topological polar surface area (TPSA) is 60.2 Å². The number of benzene rings is 3. The molecule has 0 aliphatic heterocycles. The van der Waals surface area contributed by atoms with E-state index < -0.39 is 16.6 Å². The summed E-state index contributed by atoms with van der Waals surface area (Å²) >= 11 is 0. The lowest BCUT2D eigenvalue weighted by atomic mass is 9.96. The SMILES string of the molecule is CC(Cc1cc(-c2ccccc2)cc(-n2nc3ccccc3n2)c1O)C[Si](C)(C)O[Si](C)(C)C. The lowest BCUT2D eigenvalue weighted by Gasteiger charge is -2.33. The fourth-order valence-electron chi connectivity index (χ4n) is 4.91. The van der Waals surface area contributed by atoms with Gasteiger partial charge in [0.15, 0.2) is 16.6 Å². The molecule has 0 amide bonds. The number of phenolic OH excluding ortho intramolecular Hbond substituents is 1. The maximum atomic E-state index is 11.4. The molecule has 0 fully saturated rings. The average Bonchev–Trinajstić information content (AvgIpc) is 3.17. The highest BCUT2D eigenvalue weighted by Crippen LogP contribution is 2.35. The summed E-state index contributed by atoms with van der Waals surface area (Å²) in [5.41, 5.74) is 5.28. The van der Waals surface area contributed by atoms with Crippen molar-refractivity contribution in [1.82, 2.24) is 15.0 Å². The number of aromatic hydroxyl groups is 1. The highest BCUT2D eigenvalue weighted by molar-refractivity contribution is 6.84. The lowest BCUT2D eigenvalue weighted by molar-refractivity contribution is 0.452. The van der Waals surface area contributed by atoms with Crippen LogP contribution < -0.4 is 0 Å². The first-order chi connectivity index (χ1) is 16.0. The van der Waals surface area contributed by atoms with Crippen LogP contribution in [0.2, 0.25) is 38.8 Å². The van der Waals surface area contributed by atoms with E-state index in [0.29, 0.717) is 11.6 Å². The summed E-state index contributed by atoms with van der Waals surface area (Å²) in [6.07, 6.45) is 0.770. The van der Waals surface area contributed by atoms with Gasteiger partial charge in [0.1, 0.15) is 22.5 Å². The molecule has 178 valence electrons. The van der Waals surface area contributed by atoms with Crippen LogP contribution in [0.5, 0.6) is 5.75 Å². The molecule has 1 aromatic heterocycles. The lowest BCUT2D eigenvalue weighted by Crippen LogP contribution is -2.43. The van der Waals surface area contributed by atoms with E-state index in [0.717, 1.165) is 40.2 Å². The van der Waals surface area contributed by atoms with Gasteiger partial charge in [-0.1, -0.05) is 49.4 Å². The molecule has 0 saturated carbocycles. The Morgan fingerprint density at radius 3 is 2.03 bits per heavy atom. The monoisotopic (exact) mass is 489 g/mol. The number of rotatable bonds is 8. The van der Waals surface area contributed by atoms with Crippen molar-refractivity contribution in [3.8, 4) is 22.6 Å². The largest absolute Gasteiger partial charge is 0.505 e. The Balaban J connectivity index is 1.72. The normalized spacial score (nSPS) is 13.4. The van der Waals surface area contributed by atoms with E-state index in [4.69, 9.17) is 4.12 Å². The second kappa shape index (κ2) is 9.48. The van der Waals surface area contributed by atoms with E-state index in [-0.39, 0.29) is 5.75 Å². The molecule has 0 saturated heterocycles. The highest BCUT2D eigenvalue weighted by atomic mass is 28.4. The minimum atomic E-state index is -1.80. The van der Waals surface area contributed by atoms with E-state index in [2.05, 4.69) is 68.1 Å². The van der Waals surface area contributed by atoms with Crippen LogP contribution in [0, 0.1) is 5.92 Å². The minimum Gasteiger partial charge on any atom is -0.505 e. The Morgan fingerprint density at radius 2 is 1.44 bits per heavy atom. The maximum Gasteiger partial charge on any atom is 0.173 e. The second-order valence-corrected chi connectivity index (χ2v) is 19.8. The maximum absolute atomic E-state index is 11.4. The third-order valence-corrected chi connectivity index (χ3v) is 12.1. The third kappa shape index (κ3) is 5.84. The molecular formula is C27H35N3O2Si2. The summed E-state index contributed by atoms with van der Waals surface area (Å²) in [7, 11) is -3.39. The van der Waals surface area contributed by atoms with Gasteiger partial charge in [0, 0.05) is 0 Å². The predicted octanol–water partition coefficient (Wildman–Crippen LogP) is 7.03. The van der Waals surface area contributed by atoms with E-state index in [1.807, 2.05) is 48.5 Å². The molecule has 7 heteroatoms. The van der Waals surface area contributed by atoms with Gasteiger partial charge in [-0.3, -0.25) is 0 Å². The van der Waals surface area contributed by atoms with Gasteiger partial charge in [-0.15, -0.1) is 15.0 Å². The van der Waals surface area contributed by atoms with E-state index in [9.17, 15) is 5.11 Å². The van der Waals surface area contributed by atoms with Crippen LogP contribution >= 0.6 is 0 Å². The quantitative estimate of drug-likeness (QED) is 0.270. The van der Waals surface area contributed by atoms with Crippen molar-refractivity contribution >= 4 is 27.7 Å². The van der Waals surface area contributed by atoms with Crippen LogP contribution in [0.25, 0.3) is 27.8 Å². The van der Waals surface area contributed by atoms with Crippen molar-refractivity contribution in [1.29, 1.82) is 0 Å². The summed E-state index contributed by atoms with van der Waals surface area (Å²) in [6, 6.07) is 23.2. The Morgan fingerprint density at radius 1 is 0.853 bits per heavy atom. The zero-order valence-corrected chi connectivity index (χ0v) is 23.0. The van der Waals surface area contributed by atoms with E-state index in [1.165, 1.54) is 0 Å². The molecule has 0 aliphatic rings. The van der Waals surface area contributed by atoms with Gasteiger partial charge in [0.25, 0.3) is 0 Å². The third-order valence-electron chi connectivity index (χ3n) is 5.77. The second-order valence-electron chi connectivity index (χ2n) is 10.8. The van der Waals surface area contributed by atoms with Gasteiger partial charge >= 0.3 is 0 Å². The number of phenols is 1. The van der Waals surface area contributed by atoms with Crippen LogP contribution in [-0.2, 0) is 10.5 Å². The molecule has 1 N–H and O–H groups in total. The molecule has 5 nitrogen and oxygen atoms in total. The van der Waals surface area contributed by atoms with Crippen molar-refractivity contribution in [2.24, 2.45) is 5.92 Å². The van der Waals surface area contributed by atoms with Gasteiger partial charge in [-0.25, -0.2) is 0 Å². The number of hydrogen-bond donors (Lipinski definition) is 1. The average molecular weight is 490 g/mol. The molecule has 0 aliphatic carbocycles. The highest BCUT2D eigenvalue weighted by Gasteiger charge is 2.31. The van der Waals surface area contributed by atoms with Crippen molar-refractivity contribution in [2.75, 3.05) is 0 Å². The molecule has 4 aromatic rings. The van der Waals surface area contributed by atoms with Crippen molar-refractivity contribution in [2.45, 2.75) is 52.1 Å². The fraction of sp³-hybridized carbons (Fsp3) is 0.333. The smallest absolute Gasteiger partial charge is 0.173 e. The zero-order valence-electron chi connectivity index (χ0n) is 21.0. The summed E-state index contributed by atoms with van der Waals surface area (Å²) in [5, 5.41) is 20.6. The van der Waals surface area contributed by atoms with Gasteiger partial charge in [-0.2, -0.15) is 0 Å². The molecule has 1 unspecified atom stereocenters. The van der Waals surface area contributed by atoms with Gasteiger partial charge in [0.05, 0.1) is 0 Å². The Labute approximate surface area is 204 Å². The number of aromatic nitrogens is 3. The van der Waals surface area contributed by atoms with E-state index in [1.54, 1.807) is 4.80 Å². The first-order valence-corrected chi connectivity index (χ1v) is 18.5. The Kier molecular flexibility index (Phi) is 6.80. The van der Waals surface area contributed by atoms with Crippen molar-refractivity contribution < 1.29 is 9.22 Å². The Hall–Kier alpha value is -2.75. The standard InChI is InChI=1S/C27H35N3O2Si2/c1-20(19-34(5,6)32-33(2,3)4)16-23-17-22(21-12-8-7-9-13-21)18-26(27(23)31)30-28-24-14-10-11-15-25(24)29-30/h7-15,17-18,20,31H,16,19H2,1-6H3. The molecule has 0 bridgehead atoms. The minimum absolute atomic E-state index is 0.248. The molecule has 0 spiro atoms. The summed E-state index contributed by atoms with van der Waals surface area (Å²) in [4.78, 5) is 1.56. The zero-order chi connectivity index (χ0) is 24.5. The summed E-state index contributed by atoms with van der Waals surface area (Å²) < 4.78 is 6.57. The van der Waals surface area contributed by atoms with Crippen LogP contribution in [0.1, 0.15) is 12.5 Å². The van der Waals surface area contributed by atoms with E-state index >= 15 is 0 Å². The number of fused-ring (bicyclic) bond motifs is 1. The van der Waals surface area contributed by atoms with Gasteiger partial charge < -0.3 is 9.22 Å². The molecule has 4 rings (SSSR count). The summed E-state index contributed by atoms with van der Waals surface area (Å²) in [5.74, 6) is 0.630. The fourth-order valence-corrected chi connectivity index (χ4v) is 13.7. The summed E-state index contributed by atoms with van der Waals surface area (Å²) in [6.45, 7) is 13.7. The first kappa shape index (κ1) is 24.4. The van der Waals surface area contributed by atoms with Crippen molar-refractivity contribution in [3.05, 3.63) is 72.3 Å². The van der Waals surface area contributed by atoms with Gasteiger partial charge in [-0.05, 0) is 92.1 Å². The molecule has 3 aromatic carbocycles. The molecular weight excluding hydrogens is 454 g/mol. The molecule has 1 atom stereocenters. The first-order valence-electron chi connectivity index (χ1n) is 11.9. The number of nitrogens with zero attached hydrogens (tertiary/aromatic N) is 3. The molecule has 34 heavy (non-hydrogen) atoms. The van der Waals surface area contributed by atoms with Crippen LogP contribution in [-0.4, -0.2) is 36.7 Å². The Bertz CT molecular complexity index is 1250. The van der Waals surface area contributed by atoms with Gasteiger partial charge in [0.2, 0.25) is 0 Å². The number of hydrogen-bond acceptors (Lipinski definition) is 4. The van der Waals surface area contributed by atoms with Crippen molar-refractivity contribution in [3.63, 3.8) is 0 Å². The van der Waals surface area contributed by atoms with Crippen LogP contribution in [0.3, 0.4) is 0 Å². The predicted molar refractivity (Wildman–Crippen MR) is 146 cm³/mol. The van der Waals surface area contributed by atoms with Crippen LogP contribution in [0.15, 0.2) is 66.7 Å². The molecule has 1 heterocycles. The van der Waals surface area contributed by atoms with Crippen LogP contribution in [0.4, 0.5) is 0 Å². The molecule has 0 radical (unpaired) electrons.